The lowest BCUT2D eigenvalue weighted by Gasteiger charge is -2.33. The van der Waals surface area contributed by atoms with Gasteiger partial charge in [0.2, 0.25) is 5.91 Å². The molecule has 0 bridgehead atoms. The number of hydrogen-bond acceptors (Lipinski definition) is 8. The van der Waals surface area contributed by atoms with E-state index >= 15 is 0 Å². The molecule has 2 aromatic rings. The van der Waals surface area contributed by atoms with Crippen LogP contribution in [0.5, 0.6) is 0 Å². The van der Waals surface area contributed by atoms with E-state index in [2.05, 4.69) is 20.5 Å². The number of carboxylic acids is 1. The van der Waals surface area contributed by atoms with Crippen molar-refractivity contribution < 1.29 is 24.2 Å². The zero-order chi connectivity index (χ0) is 23.8. The van der Waals surface area contributed by atoms with Crippen LogP contribution in [0.2, 0.25) is 10.0 Å². The zero-order valence-corrected chi connectivity index (χ0v) is 21.8. The molecule has 0 radical (unpaired) electrons. The summed E-state index contributed by atoms with van der Waals surface area (Å²) in [5.41, 5.74) is 1.19. The number of amides is 2. The third-order valence-electron chi connectivity index (χ3n) is 4.58. The van der Waals surface area contributed by atoms with E-state index < -0.39 is 18.4 Å². The zero-order valence-electron chi connectivity index (χ0n) is 17.8. The molecule has 1 aliphatic heterocycles. The summed E-state index contributed by atoms with van der Waals surface area (Å²) < 4.78 is 6.31. The maximum absolute atomic E-state index is 12.2. The summed E-state index contributed by atoms with van der Waals surface area (Å²) in [5.74, 6) is -1.73. The van der Waals surface area contributed by atoms with Gasteiger partial charge in [-0.1, -0.05) is 41.0 Å². The van der Waals surface area contributed by atoms with Gasteiger partial charge < -0.3 is 20.5 Å². The number of halogens is 3. The predicted octanol–water partition coefficient (Wildman–Crippen LogP) is 2.80. The van der Waals surface area contributed by atoms with Crippen molar-refractivity contribution in [2.24, 2.45) is 0 Å². The first-order chi connectivity index (χ1) is 15.8. The highest BCUT2D eigenvalue weighted by atomic mass is 35.5. The molecule has 9 nitrogen and oxygen atoms in total. The second-order valence-electron chi connectivity index (χ2n) is 7.14. The fourth-order valence-electron chi connectivity index (χ4n) is 3.02. The van der Waals surface area contributed by atoms with E-state index in [1.54, 1.807) is 6.07 Å². The number of carbonyl (C=O) groups is 3. The van der Waals surface area contributed by atoms with E-state index in [-0.39, 0.29) is 35.9 Å². The van der Waals surface area contributed by atoms with Crippen LogP contribution < -0.4 is 10.6 Å². The van der Waals surface area contributed by atoms with Crippen LogP contribution in [0.3, 0.4) is 0 Å². The molecule has 0 saturated carbocycles. The van der Waals surface area contributed by atoms with E-state index in [4.69, 9.17) is 33.0 Å². The van der Waals surface area contributed by atoms with Gasteiger partial charge in [0.25, 0.3) is 5.91 Å². The summed E-state index contributed by atoms with van der Waals surface area (Å²) in [7, 11) is 0. The fraction of sp³-hybridized carbons (Fsp3) is 0.400. The standard InChI is InChI=1S/C20H22Cl2N4O5S2.ClH/c21-14-2-1-12(5-15(14)22)8-26-3-4-31-13(9-26)6-23-17(27)11-33-20-25-16(10-32-20)19(30)24-7-18(28)29;/h1-2,5,10,13H,3-4,6-9,11H2,(H,23,27)(H,24,30)(H,28,29);1H. The van der Waals surface area contributed by atoms with Crippen LogP contribution in [0, 0.1) is 0 Å². The number of rotatable bonds is 10. The minimum Gasteiger partial charge on any atom is -0.480 e. The number of morpholine rings is 1. The molecule has 1 aromatic carbocycles. The van der Waals surface area contributed by atoms with Crippen molar-refractivity contribution in [1.29, 1.82) is 0 Å². The number of thiazole rings is 1. The van der Waals surface area contributed by atoms with Crippen molar-refractivity contribution >= 4 is 76.5 Å². The van der Waals surface area contributed by atoms with Gasteiger partial charge >= 0.3 is 5.97 Å². The molecule has 2 heterocycles. The van der Waals surface area contributed by atoms with Crippen molar-refractivity contribution in [2.45, 2.75) is 17.0 Å². The molecule has 3 rings (SSSR count). The Morgan fingerprint density at radius 3 is 2.79 bits per heavy atom. The Kier molecular flexibility index (Phi) is 11.9. The Hall–Kier alpha value is -1.60. The summed E-state index contributed by atoms with van der Waals surface area (Å²) in [6, 6.07) is 5.58. The number of benzene rings is 1. The SMILES string of the molecule is Cl.O=C(O)CNC(=O)c1csc(SCC(=O)NCC2CN(Cc3ccc(Cl)c(Cl)c3)CCO2)n1. The first-order valence-corrected chi connectivity index (χ1v) is 12.5. The van der Waals surface area contributed by atoms with Gasteiger partial charge in [0.15, 0.2) is 4.34 Å². The number of thioether (sulfide) groups is 1. The minimum absolute atomic E-state index is 0. The molecule has 1 atom stereocenters. The molecule has 186 valence electrons. The number of hydrogen-bond donors (Lipinski definition) is 3. The molecule has 1 saturated heterocycles. The monoisotopic (exact) mass is 568 g/mol. The topological polar surface area (TPSA) is 121 Å². The maximum Gasteiger partial charge on any atom is 0.322 e. The minimum atomic E-state index is -1.13. The number of carboxylic acid groups (broad SMARTS) is 1. The summed E-state index contributed by atoms with van der Waals surface area (Å²) >= 11 is 14.5. The van der Waals surface area contributed by atoms with Crippen molar-refractivity contribution in [1.82, 2.24) is 20.5 Å². The Labute approximate surface area is 220 Å². The quantitative estimate of drug-likeness (QED) is 0.374. The summed E-state index contributed by atoms with van der Waals surface area (Å²) in [4.78, 5) is 40.9. The van der Waals surface area contributed by atoms with Gasteiger partial charge in [-0.15, -0.1) is 23.7 Å². The third kappa shape index (κ3) is 9.21. The molecule has 14 heteroatoms. The van der Waals surface area contributed by atoms with Crippen LogP contribution in [0.1, 0.15) is 16.1 Å². The smallest absolute Gasteiger partial charge is 0.322 e. The van der Waals surface area contributed by atoms with Gasteiger partial charge in [-0.05, 0) is 17.7 Å². The maximum atomic E-state index is 12.2. The Balaban J connectivity index is 0.00000408. The van der Waals surface area contributed by atoms with E-state index in [1.165, 1.54) is 28.5 Å². The second kappa shape index (κ2) is 14.1. The lowest BCUT2D eigenvalue weighted by Crippen LogP contribution is -2.47. The summed E-state index contributed by atoms with van der Waals surface area (Å²) in [5, 5.41) is 16.3. The van der Waals surface area contributed by atoms with Gasteiger partial charge in [-0.25, -0.2) is 4.98 Å². The van der Waals surface area contributed by atoms with Crippen LogP contribution in [0.25, 0.3) is 0 Å². The van der Waals surface area contributed by atoms with Crippen molar-refractivity contribution in [2.75, 3.05) is 38.5 Å². The van der Waals surface area contributed by atoms with Crippen molar-refractivity contribution in [3.8, 4) is 0 Å². The number of aromatic nitrogens is 1. The van der Waals surface area contributed by atoms with Crippen LogP contribution in [0.15, 0.2) is 27.9 Å². The van der Waals surface area contributed by atoms with Crippen LogP contribution in [0.4, 0.5) is 0 Å². The average molecular weight is 570 g/mol. The molecule has 1 fully saturated rings. The van der Waals surface area contributed by atoms with Crippen molar-refractivity contribution in [3.63, 3.8) is 0 Å². The summed E-state index contributed by atoms with van der Waals surface area (Å²) in [6.07, 6.45) is -0.125. The fourth-order valence-corrected chi connectivity index (χ4v) is 4.98. The number of carbonyl (C=O) groups excluding carboxylic acids is 2. The molecule has 1 unspecified atom stereocenters. The first-order valence-electron chi connectivity index (χ1n) is 9.93. The third-order valence-corrected chi connectivity index (χ3v) is 7.34. The van der Waals surface area contributed by atoms with Gasteiger partial charge in [0.1, 0.15) is 12.2 Å². The van der Waals surface area contributed by atoms with Crippen LogP contribution in [-0.2, 0) is 20.9 Å². The van der Waals surface area contributed by atoms with E-state index in [1.807, 2.05) is 12.1 Å². The number of nitrogens with zero attached hydrogens (tertiary/aromatic N) is 2. The van der Waals surface area contributed by atoms with E-state index in [0.717, 1.165) is 12.1 Å². The van der Waals surface area contributed by atoms with Gasteiger partial charge in [0, 0.05) is 31.6 Å². The van der Waals surface area contributed by atoms with Gasteiger partial charge in [-0.3, -0.25) is 19.3 Å². The predicted molar refractivity (Wildman–Crippen MR) is 135 cm³/mol. The van der Waals surface area contributed by atoms with Crippen LogP contribution >= 0.6 is 58.7 Å². The highest BCUT2D eigenvalue weighted by Crippen LogP contribution is 2.24. The summed E-state index contributed by atoms with van der Waals surface area (Å²) in [6.45, 7) is 2.66. The van der Waals surface area contributed by atoms with E-state index in [0.29, 0.717) is 40.6 Å². The normalized spacial score (nSPS) is 15.9. The van der Waals surface area contributed by atoms with Gasteiger partial charge in [-0.2, -0.15) is 0 Å². The van der Waals surface area contributed by atoms with E-state index in [9.17, 15) is 14.4 Å². The lowest BCUT2D eigenvalue weighted by atomic mass is 10.2. The second-order valence-corrected chi connectivity index (χ2v) is 10.0. The highest BCUT2D eigenvalue weighted by molar-refractivity contribution is 8.01. The molecule has 2 amide bonds. The number of aliphatic carboxylic acids is 1. The van der Waals surface area contributed by atoms with Crippen LogP contribution in [-0.4, -0.2) is 77.4 Å². The number of nitrogens with one attached hydrogen (secondary N) is 2. The Morgan fingerprint density at radius 2 is 2.06 bits per heavy atom. The largest absolute Gasteiger partial charge is 0.480 e. The lowest BCUT2D eigenvalue weighted by molar-refractivity contribution is -0.135. The molecule has 0 spiro atoms. The first kappa shape index (κ1) is 28.6. The molecule has 1 aromatic heterocycles. The Bertz CT molecular complexity index is 1010. The van der Waals surface area contributed by atoms with Crippen molar-refractivity contribution in [3.05, 3.63) is 44.9 Å². The molecule has 3 N–H and O–H groups in total. The average Bonchev–Trinajstić information content (AvgIpc) is 3.26. The molecular weight excluding hydrogens is 547 g/mol. The van der Waals surface area contributed by atoms with Gasteiger partial charge in [0.05, 0.1) is 28.5 Å². The number of ether oxygens (including phenoxy) is 1. The Morgan fingerprint density at radius 1 is 1.26 bits per heavy atom. The molecule has 1 aliphatic rings. The molecular formula is C20H23Cl3N4O5S2. The molecule has 0 aliphatic carbocycles. The molecule has 34 heavy (non-hydrogen) atoms. The highest BCUT2D eigenvalue weighted by Gasteiger charge is 2.21.